The lowest BCUT2D eigenvalue weighted by Gasteiger charge is -2.08. The summed E-state index contributed by atoms with van der Waals surface area (Å²) in [6, 6.07) is 1.07. The average Bonchev–Trinajstić information content (AvgIpc) is 2.70. The van der Waals surface area contributed by atoms with Crippen molar-refractivity contribution in [2.75, 3.05) is 19.0 Å². The van der Waals surface area contributed by atoms with Crippen LogP contribution in [0.15, 0.2) is 18.5 Å². The molecule has 7 heteroatoms. The summed E-state index contributed by atoms with van der Waals surface area (Å²) in [5.74, 6) is 0. The van der Waals surface area contributed by atoms with Crippen LogP contribution < -0.4 is 4.90 Å². The van der Waals surface area contributed by atoms with Gasteiger partial charge in [0.2, 0.25) is 0 Å². The van der Waals surface area contributed by atoms with Gasteiger partial charge < -0.3 is 4.90 Å². The summed E-state index contributed by atoms with van der Waals surface area (Å²) < 4.78 is 37.9. The number of hydrogen-bond donors (Lipinski definition) is 0. The number of anilines is 1. The average molecular weight is 287 g/mol. The van der Waals surface area contributed by atoms with E-state index in [4.69, 9.17) is 0 Å². The number of rotatable bonds is 2. The van der Waals surface area contributed by atoms with E-state index in [1.54, 1.807) is 0 Å². The molecule has 3 nitrogen and oxygen atoms in total. The smallest absolute Gasteiger partial charge is 0.368 e. The molecule has 0 spiro atoms. The van der Waals surface area contributed by atoms with Crippen LogP contribution in [-0.2, 0) is 6.18 Å². The van der Waals surface area contributed by atoms with Gasteiger partial charge in [-0.25, -0.2) is 4.98 Å². The van der Waals surface area contributed by atoms with Crippen LogP contribution >= 0.6 is 11.3 Å². The van der Waals surface area contributed by atoms with Crippen LogP contribution in [0.3, 0.4) is 0 Å². The van der Waals surface area contributed by atoms with E-state index < -0.39 is 11.7 Å². The van der Waals surface area contributed by atoms with Crippen molar-refractivity contribution < 1.29 is 13.2 Å². The van der Waals surface area contributed by atoms with Crippen molar-refractivity contribution in [2.45, 2.75) is 13.1 Å². The molecule has 0 radical (unpaired) electrons. The zero-order valence-electron chi connectivity index (χ0n) is 10.6. The number of hydrogen-bond acceptors (Lipinski definition) is 4. The van der Waals surface area contributed by atoms with E-state index in [9.17, 15) is 13.2 Å². The highest BCUT2D eigenvalue weighted by Gasteiger charge is 2.31. The summed E-state index contributed by atoms with van der Waals surface area (Å²) in [6.45, 7) is 1.83. The van der Waals surface area contributed by atoms with Gasteiger partial charge in [-0.15, -0.1) is 0 Å². The fourth-order valence-corrected chi connectivity index (χ4v) is 2.61. The molecule has 0 aromatic carbocycles. The first-order chi connectivity index (χ1) is 8.79. The van der Waals surface area contributed by atoms with Crippen molar-refractivity contribution in [3.8, 4) is 10.6 Å². The van der Waals surface area contributed by atoms with Crippen LogP contribution in [0.4, 0.5) is 18.2 Å². The maximum absolute atomic E-state index is 12.6. The van der Waals surface area contributed by atoms with Gasteiger partial charge in [0.25, 0.3) is 0 Å². The van der Waals surface area contributed by atoms with E-state index in [2.05, 4.69) is 9.97 Å². The van der Waals surface area contributed by atoms with E-state index in [-0.39, 0.29) is 0 Å². The third kappa shape index (κ3) is 2.86. The van der Waals surface area contributed by atoms with Gasteiger partial charge in [0.15, 0.2) is 0 Å². The Labute approximate surface area is 112 Å². The Balaban J connectivity index is 2.45. The number of aromatic nitrogens is 2. The molecule has 102 valence electrons. The minimum absolute atomic E-state index is 0.385. The molecule has 0 bridgehead atoms. The largest absolute Gasteiger partial charge is 0.417 e. The second-order valence-electron chi connectivity index (χ2n) is 4.26. The molecule has 0 amide bonds. The lowest BCUT2D eigenvalue weighted by molar-refractivity contribution is -0.137. The lowest BCUT2D eigenvalue weighted by atomic mass is 10.2. The topological polar surface area (TPSA) is 29.0 Å². The van der Waals surface area contributed by atoms with Gasteiger partial charge in [-0.2, -0.15) is 13.2 Å². The van der Waals surface area contributed by atoms with Crippen molar-refractivity contribution in [3.05, 3.63) is 29.7 Å². The lowest BCUT2D eigenvalue weighted by Crippen LogP contribution is -2.07. The van der Waals surface area contributed by atoms with Gasteiger partial charge in [-0.3, -0.25) is 4.98 Å². The highest BCUT2D eigenvalue weighted by atomic mass is 32.1. The minimum atomic E-state index is -4.39. The van der Waals surface area contributed by atoms with Gasteiger partial charge in [-0.05, 0) is 13.0 Å². The molecule has 0 atom stereocenters. The quantitative estimate of drug-likeness (QED) is 0.845. The van der Waals surface area contributed by atoms with Crippen LogP contribution in [0.25, 0.3) is 10.6 Å². The molecule has 2 aromatic heterocycles. The monoisotopic (exact) mass is 287 g/mol. The first-order valence-corrected chi connectivity index (χ1v) is 6.28. The zero-order chi connectivity index (χ0) is 14.2. The maximum atomic E-state index is 12.6. The second-order valence-corrected chi connectivity index (χ2v) is 5.24. The van der Waals surface area contributed by atoms with E-state index in [0.717, 1.165) is 23.0 Å². The van der Waals surface area contributed by atoms with Gasteiger partial charge in [0.1, 0.15) is 10.0 Å². The predicted molar refractivity (Wildman–Crippen MR) is 69.4 cm³/mol. The molecular formula is C12H12F3N3S. The number of alkyl halides is 3. The zero-order valence-corrected chi connectivity index (χ0v) is 11.4. The molecule has 2 heterocycles. The normalized spacial score (nSPS) is 11.7. The Kier molecular flexibility index (Phi) is 3.49. The third-order valence-electron chi connectivity index (χ3n) is 2.49. The van der Waals surface area contributed by atoms with Crippen molar-refractivity contribution in [3.63, 3.8) is 0 Å². The van der Waals surface area contributed by atoms with E-state index in [1.165, 1.54) is 17.5 Å². The minimum Gasteiger partial charge on any atom is -0.368 e. The molecule has 0 aliphatic carbocycles. The molecule has 0 aliphatic heterocycles. The Morgan fingerprint density at radius 3 is 2.42 bits per heavy atom. The van der Waals surface area contributed by atoms with Gasteiger partial charge in [0, 0.05) is 32.1 Å². The van der Waals surface area contributed by atoms with Gasteiger partial charge in [0.05, 0.1) is 11.3 Å². The molecule has 2 rings (SSSR count). The van der Waals surface area contributed by atoms with Crippen molar-refractivity contribution in [2.24, 2.45) is 0 Å². The van der Waals surface area contributed by atoms with Crippen molar-refractivity contribution >= 4 is 16.3 Å². The number of nitrogens with zero attached hydrogens (tertiary/aromatic N) is 3. The summed E-state index contributed by atoms with van der Waals surface area (Å²) in [4.78, 5) is 9.83. The second kappa shape index (κ2) is 4.80. The maximum Gasteiger partial charge on any atom is 0.417 e. The molecular weight excluding hydrogens is 275 g/mol. The highest BCUT2D eigenvalue weighted by molar-refractivity contribution is 7.19. The molecule has 0 aliphatic rings. The Morgan fingerprint density at radius 2 is 1.89 bits per heavy atom. The number of halogens is 3. The van der Waals surface area contributed by atoms with Crippen LogP contribution in [0, 0.1) is 6.92 Å². The van der Waals surface area contributed by atoms with Crippen molar-refractivity contribution in [1.82, 2.24) is 9.97 Å². The van der Waals surface area contributed by atoms with Crippen LogP contribution in [0.2, 0.25) is 0 Å². The molecule has 0 saturated carbocycles. The van der Waals surface area contributed by atoms with Gasteiger partial charge in [-0.1, -0.05) is 11.3 Å². The molecule has 2 aromatic rings. The number of pyridine rings is 1. The van der Waals surface area contributed by atoms with Crippen LogP contribution in [0.1, 0.15) is 11.3 Å². The molecule has 0 saturated heterocycles. The van der Waals surface area contributed by atoms with Crippen LogP contribution in [-0.4, -0.2) is 24.1 Å². The fourth-order valence-electron chi connectivity index (χ4n) is 1.64. The number of aryl methyl sites for hydroxylation is 1. The van der Waals surface area contributed by atoms with E-state index in [1.807, 2.05) is 25.9 Å². The molecule has 0 fully saturated rings. The van der Waals surface area contributed by atoms with Gasteiger partial charge >= 0.3 is 6.18 Å². The van der Waals surface area contributed by atoms with Crippen molar-refractivity contribution in [1.29, 1.82) is 0 Å². The summed E-state index contributed by atoms with van der Waals surface area (Å²) in [6.07, 6.45) is -2.18. The standard InChI is InChI=1S/C12H12F3N3S/c1-7-11(18(2)3)19-10(17-7)8-4-9(6-16-5-8)12(13,14)15/h4-6H,1-3H3. The summed E-state index contributed by atoms with van der Waals surface area (Å²) >= 11 is 1.35. The molecule has 0 unspecified atom stereocenters. The summed E-state index contributed by atoms with van der Waals surface area (Å²) in [5.41, 5.74) is 0.419. The first kappa shape index (κ1) is 13.8. The van der Waals surface area contributed by atoms with Crippen LogP contribution in [0.5, 0.6) is 0 Å². The Hall–Kier alpha value is -1.63. The van der Waals surface area contributed by atoms with E-state index in [0.29, 0.717) is 10.6 Å². The van der Waals surface area contributed by atoms with E-state index >= 15 is 0 Å². The third-order valence-corrected chi connectivity index (χ3v) is 3.87. The fraction of sp³-hybridized carbons (Fsp3) is 0.333. The highest BCUT2D eigenvalue weighted by Crippen LogP contribution is 2.35. The summed E-state index contributed by atoms with van der Waals surface area (Å²) in [7, 11) is 3.74. The Morgan fingerprint density at radius 1 is 1.21 bits per heavy atom. The molecule has 19 heavy (non-hydrogen) atoms. The predicted octanol–water partition coefficient (Wildman–Crippen LogP) is 3.60. The summed E-state index contributed by atoms with van der Waals surface area (Å²) in [5, 5.41) is 1.47. The SMILES string of the molecule is Cc1nc(-c2cncc(C(F)(F)F)c2)sc1N(C)C. The first-order valence-electron chi connectivity index (χ1n) is 5.46. The molecule has 0 N–H and O–H groups in total. The number of thiazole rings is 1. The Bertz CT molecular complexity index is 590.